The van der Waals surface area contributed by atoms with Crippen LogP contribution in [0.2, 0.25) is 0 Å². The third-order valence-electron chi connectivity index (χ3n) is 5.10. The number of carbonyl (C=O) groups is 2. The van der Waals surface area contributed by atoms with Gasteiger partial charge in [-0.05, 0) is 59.7 Å². The lowest BCUT2D eigenvalue weighted by molar-refractivity contribution is 0.111. The van der Waals surface area contributed by atoms with E-state index in [2.05, 4.69) is 23.3 Å². The topological polar surface area (TPSA) is 47.0 Å². The van der Waals surface area contributed by atoms with E-state index in [1.54, 1.807) is 12.4 Å². The fraction of sp³-hybridized carbons (Fsp3) is 0.0417. The van der Waals surface area contributed by atoms with Gasteiger partial charge in [0.05, 0.1) is 0 Å². The molecule has 0 amide bonds. The zero-order valence-electron chi connectivity index (χ0n) is 15.2. The van der Waals surface area contributed by atoms with Gasteiger partial charge in [-0.25, -0.2) is 4.48 Å². The molecule has 4 rings (SSSR count). The van der Waals surface area contributed by atoms with Gasteiger partial charge in [0.2, 0.25) is 0 Å². The largest absolute Gasteiger partial charge is 0.298 e. The van der Waals surface area contributed by atoms with Crippen LogP contribution >= 0.6 is 0 Å². The highest BCUT2D eigenvalue weighted by atomic mass is 16.1. The first-order valence-corrected chi connectivity index (χ1v) is 9.04. The molecule has 1 aliphatic rings. The number of benzene rings is 2. The van der Waals surface area contributed by atoms with Crippen molar-refractivity contribution in [2.75, 3.05) is 6.54 Å². The maximum absolute atomic E-state index is 11.0. The third kappa shape index (κ3) is 3.21. The summed E-state index contributed by atoms with van der Waals surface area (Å²) in [7, 11) is 0. The quantitative estimate of drug-likeness (QED) is 0.473. The van der Waals surface area contributed by atoms with Crippen LogP contribution in [-0.2, 0) is 0 Å². The number of pyridine rings is 1. The van der Waals surface area contributed by atoms with Crippen molar-refractivity contribution >= 4 is 29.5 Å². The van der Waals surface area contributed by atoms with E-state index in [9.17, 15) is 9.59 Å². The molecule has 0 N–H and O–H groups in total. The van der Waals surface area contributed by atoms with E-state index in [-0.39, 0.29) is 0 Å². The summed E-state index contributed by atoms with van der Waals surface area (Å²) in [6.45, 7) is 0.717. The van der Waals surface area contributed by atoms with Crippen LogP contribution in [0.4, 0.5) is 11.4 Å². The number of nitrogens with zero attached hydrogens (tertiary/aromatic N) is 2. The van der Waals surface area contributed by atoms with Crippen LogP contribution in [0.1, 0.15) is 26.3 Å². The molecule has 3 aromatic rings. The number of allylic oxidation sites excluding steroid dienone is 2. The average Bonchev–Trinajstić information content (AvgIpc) is 2.80. The highest BCUT2D eigenvalue weighted by Crippen LogP contribution is 2.39. The lowest BCUT2D eigenvalue weighted by Crippen LogP contribution is -2.40. The number of aldehydes is 2. The van der Waals surface area contributed by atoms with Crippen LogP contribution in [0.15, 0.2) is 91.4 Å². The summed E-state index contributed by atoms with van der Waals surface area (Å²) in [5.41, 5.74) is 5.65. The number of rotatable bonds is 5. The molecule has 4 nitrogen and oxygen atoms in total. The van der Waals surface area contributed by atoms with Gasteiger partial charge in [0, 0.05) is 47.8 Å². The van der Waals surface area contributed by atoms with E-state index >= 15 is 0 Å². The maximum Gasteiger partial charge on any atom is 0.150 e. The number of hydrogen-bond donors (Lipinski definition) is 0. The van der Waals surface area contributed by atoms with E-state index in [0.29, 0.717) is 15.6 Å². The Morgan fingerprint density at radius 2 is 1.29 bits per heavy atom. The molecule has 0 radical (unpaired) electrons. The number of quaternary nitrogens is 1. The Kier molecular flexibility index (Phi) is 4.79. The Morgan fingerprint density at radius 1 is 0.750 bits per heavy atom. The van der Waals surface area contributed by atoms with Crippen LogP contribution in [0, 0.1) is 0 Å². The predicted octanol–water partition coefficient (Wildman–Crippen LogP) is 4.96. The SMILES string of the molecule is O=Cc1ccc([N+]2(c3ccc(C=O)cc3)C=CC(c3ccncc3)=CC2)cc1. The lowest BCUT2D eigenvalue weighted by atomic mass is 10.0. The van der Waals surface area contributed by atoms with Crippen LogP contribution in [0.3, 0.4) is 0 Å². The molecule has 2 aromatic carbocycles. The monoisotopic (exact) mass is 367 g/mol. The Labute approximate surface area is 163 Å². The normalized spacial score (nSPS) is 14.9. The van der Waals surface area contributed by atoms with Gasteiger partial charge in [0.1, 0.15) is 36.7 Å². The van der Waals surface area contributed by atoms with Crippen molar-refractivity contribution in [1.29, 1.82) is 0 Å². The first-order valence-electron chi connectivity index (χ1n) is 9.04. The van der Waals surface area contributed by atoms with Crippen LogP contribution < -0.4 is 4.48 Å². The average molecular weight is 367 g/mol. The summed E-state index contributed by atoms with van der Waals surface area (Å²) in [6.07, 6.45) is 11.7. The zero-order valence-corrected chi connectivity index (χ0v) is 15.2. The van der Waals surface area contributed by atoms with Crippen molar-refractivity contribution in [3.63, 3.8) is 0 Å². The molecule has 4 heteroatoms. The zero-order chi connectivity index (χ0) is 19.4. The number of hydrogen-bond acceptors (Lipinski definition) is 3. The standard InChI is InChI=1S/C24H19N2O2/c27-17-19-1-5-23(6-2-19)26(24-7-3-20(18-28)4-8-24)15-11-22(12-16-26)21-9-13-25-14-10-21/h1-15,17-18H,16H2/q+1. The molecule has 1 aromatic heterocycles. The van der Waals surface area contributed by atoms with E-state index in [4.69, 9.17) is 0 Å². The lowest BCUT2D eigenvalue weighted by Gasteiger charge is -2.35. The maximum atomic E-state index is 11.0. The van der Waals surface area contributed by atoms with E-state index in [1.807, 2.05) is 60.7 Å². The van der Waals surface area contributed by atoms with Crippen molar-refractivity contribution in [2.24, 2.45) is 0 Å². The molecular formula is C24H19N2O2+. The van der Waals surface area contributed by atoms with Crippen molar-refractivity contribution in [2.45, 2.75) is 0 Å². The fourth-order valence-corrected chi connectivity index (χ4v) is 3.51. The van der Waals surface area contributed by atoms with Gasteiger partial charge in [0.15, 0.2) is 0 Å². The summed E-state index contributed by atoms with van der Waals surface area (Å²) in [5.74, 6) is 0. The summed E-state index contributed by atoms with van der Waals surface area (Å²) in [4.78, 5) is 26.2. The second-order valence-corrected chi connectivity index (χ2v) is 6.68. The molecule has 0 bridgehead atoms. The van der Waals surface area contributed by atoms with Gasteiger partial charge < -0.3 is 0 Å². The minimum atomic E-state index is 0.479. The Hall–Kier alpha value is -3.63. The summed E-state index contributed by atoms with van der Waals surface area (Å²) >= 11 is 0. The van der Waals surface area contributed by atoms with Crippen molar-refractivity contribution in [3.8, 4) is 0 Å². The molecule has 1 aliphatic heterocycles. The smallest absolute Gasteiger partial charge is 0.150 e. The molecular weight excluding hydrogens is 348 g/mol. The van der Waals surface area contributed by atoms with Crippen molar-refractivity contribution in [3.05, 3.63) is 108 Å². The van der Waals surface area contributed by atoms with Crippen LogP contribution in [-0.4, -0.2) is 24.1 Å². The minimum absolute atomic E-state index is 0.479. The molecule has 0 aliphatic carbocycles. The summed E-state index contributed by atoms with van der Waals surface area (Å²) < 4.78 is 0.479. The van der Waals surface area contributed by atoms with Gasteiger partial charge in [-0.15, -0.1) is 0 Å². The Morgan fingerprint density at radius 3 is 1.71 bits per heavy atom. The third-order valence-corrected chi connectivity index (χ3v) is 5.10. The number of aromatic nitrogens is 1. The highest BCUT2D eigenvalue weighted by molar-refractivity contribution is 5.80. The molecule has 0 saturated carbocycles. The molecule has 136 valence electrons. The molecule has 0 fully saturated rings. The van der Waals surface area contributed by atoms with Crippen molar-refractivity contribution < 1.29 is 9.59 Å². The van der Waals surface area contributed by atoms with E-state index in [0.717, 1.165) is 41.6 Å². The van der Waals surface area contributed by atoms with Gasteiger partial charge in [-0.3, -0.25) is 14.6 Å². The Balaban J connectivity index is 1.78. The first-order chi connectivity index (χ1) is 13.7. The molecule has 0 atom stereocenters. The minimum Gasteiger partial charge on any atom is -0.298 e. The molecule has 0 unspecified atom stereocenters. The fourth-order valence-electron chi connectivity index (χ4n) is 3.51. The second-order valence-electron chi connectivity index (χ2n) is 6.68. The summed E-state index contributed by atoms with van der Waals surface area (Å²) in [5, 5.41) is 0. The van der Waals surface area contributed by atoms with Gasteiger partial charge in [-0.2, -0.15) is 0 Å². The second kappa shape index (κ2) is 7.55. The molecule has 2 heterocycles. The van der Waals surface area contributed by atoms with E-state index < -0.39 is 0 Å². The predicted molar refractivity (Wildman–Crippen MR) is 111 cm³/mol. The van der Waals surface area contributed by atoms with E-state index in [1.165, 1.54) is 0 Å². The molecule has 0 spiro atoms. The summed E-state index contributed by atoms with van der Waals surface area (Å²) in [6, 6.07) is 19.2. The highest BCUT2D eigenvalue weighted by Gasteiger charge is 2.32. The van der Waals surface area contributed by atoms with Crippen molar-refractivity contribution in [1.82, 2.24) is 9.47 Å². The van der Waals surface area contributed by atoms with Crippen LogP contribution in [0.25, 0.3) is 5.57 Å². The van der Waals surface area contributed by atoms with Crippen LogP contribution in [0.5, 0.6) is 0 Å². The Bertz CT molecular complexity index is 999. The molecule has 0 saturated heterocycles. The van der Waals surface area contributed by atoms with Gasteiger partial charge >= 0.3 is 0 Å². The first kappa shape index (κ1) is 17.8. The molecule has 28 heavy (non-hydrogen) atoms. The van der Waals surface area contributed by atoms with Gasteiger partial charge in [0.25, 0.3) is 0 Å². The number of carbonyl (C=O) groups excluding carboxylic acids is 2. The van der Waals surface area contributed by atoms with Gasteiger partial charge in [-0.1, -0.05) is 0 Å².